The van der Waals surface area contributed by atoms with Gasteiger partial charge in [0.05, 0.1) is 6.61 Å². The van der Waals surface area contributed by atoms with Gasteiger partial charge in [-0.25, -0.2) is 0 Å². The first-order valence-electron chi connectivity index (χ1n) is 4.19. The van der Waals surface area contributed by atoms with Gasteiger partial charge in [0.25, 0.3) is 0 Å². The molecule has 0 fully saturated rings. The summed E-state index contributed by atoms with van der Waals surface area (Å²) in [6, 6.07) is 0. The van der Waals surface area contributed by atoms with Crippen molar-refractivity contribution in [2.75, 3.05) is 27.4 Å². The van der Waals surface area contributed by atoms with E-state index in [1.165, 1.54) is 14.2 Å². The van der Waals surface area contributed by atoms with E-state index in [-0.39, 0.29) is 19.6 Å². The van der Waals surface area contributed by atoms with Crippen molar-refractivity contribution in [3.05, 3.63) is 0 Å². The lowest BCUT2D eigenvalue weighted by Crippen LogP contribution is -2.20. The minimum atomic E-state index is -4.11. The molecule has 0 N–H and O–H groups in total. The van der Waals surface area contributed by atoms with Gasteiger partial charge in [-0.2, -0.15) is 13.2 Å². The van der Waals surface area contributed by atoms with Crippen LogP contribution in [0.2, 0.25) is 0 Å². The molecule has 0 rings (SSSR count). The maximum atomic E-state index is 11.7. The van der Waals surface area contributed by atoms with Crippen molar-refractivity contribution in [2.45, 2.75) is 25.3 Å². The average Bonchev–Trinajstić information content (AvgIpc) is 2.09. The lowest BCUT2D eigenvalue weighted by molar-refractivity contribution is -0.150. The first-order valence-corrected chi connectivity index (χ1v) is 4.19. The minimum absolute atomic E-state index is 0.0380. The Morgan fingerprint density at radius 3 is 2.14 bits per heavy atom. The zero-order valence-electron chi connectivity index (χ0n) is 8.26. The number of hydrogen-bond acceptors (Lipinski definition) is 3. The Morgan fingerprint density at radius 2 is 1.71 bits per heavy atom. The van der Waals surface area contributed by atoms with Crippen LogP contribution in [0.3, 0.4) is 0 Å². The van der Waals surface area contributed by atoms with Crippen LogP contribution in [0.15, 0.2) is 0 Å². The largest absolute Gasteiger partial charge is 0.389 e. The van der Waals surface area contributed by atoms with Gasteiger partial charge in [-0.05, 0) is 6.42 Å². The van der Waals surface area contributed by atoms with E-state index >= 15 is 0 Å². The van der Waals surface area contributed by atoms with Gasteiger partial charge in [0.15, 0.2) is 6.29 Å². The Bertz CT molecular complexity index is 134. The number of ether oxygens (including phenoxy) is 3. The second-order valence-electron chi connectivity index (χ2n) is 2.69. The summed E-state index contributed by atoms with van der Waals surface area (Å²) in [6.45, 7) is 0.202. The van der Waals surface area contributed by atoms with Crippen LogP contribution < -0.4 is 0 Å². The SMILES string of the molecule is COC(COCCCC(F)(F)F)OC. The topological polar surface area (TPSA) is 27.7 Å². The highest BCUT2D eigenvalue weighted by atomic mass is 19.4. The molecule has 0 radical (unpaired) electrons. The van der Waals surface area contributed by atoms with Gasteiger partial charge in [-0.15, -0.1) is 0 Å². The second-order valence-corrected chi connectivity index (χ2v) is 2.69. The molecule has 0 aliphatic heterocycles. The molecule has 0 aromatic rings. The molecule has 0 saturated heterocycles. The molecule has 0 atom stereocenters. The van der Waals surface area contributed by atoms with Crippen molar-refractivity contribution in [3.8, 4) is 0 Å². The van der Waals surface area contributed by atoms with Crippen LogP contribution in [0.25, 0.3) is 0 Å². The van der Waals surface area contributed by atoms with Gasteiger partial charge >= 0.3 is 6.18 Å². The molecule has 0 amide bonds. The Labute approximate surface area is 81.1 Å². The molecule has 0 aromatic carbocycles. The van der Waals surface area contributed by atoms with Crippen molar-refractivity contribution in [1.82, 2.24) is 0 Å². The third-order valence-electron chi connectivity index (χ3n) is 1.53. The van der Waals surface area contributed by atoms with Crippen LogP contribution in [0.1, 0.15) is 12.8 Å². The fourth-order valence-electron chi connectivity index (χ4n) is 0.787. The fourth-order valence-corrected chi connectivity index (χ4v) is 0.787. The van der Waals surface area contributed by atoms with Gasteiger partial charge in [0.2, 0.25) is 0 Å². The van der Waals surface area contributed by atoms with Gasteiger partial charge in [0.1, 0.15) is 0 Å². The molecule has 86 valence electrons. The number of alkyl halides is 3. The second kappa shape index (κ2) is 7.03. The van der Waals surface area contributed by atoms with Crippen molar-refractivity contribution in [1.29, 1.82) is 0 Å². The fraction of sp³-hybridized carbons (Fsp3) is 1.00. The third kappa shape index (κ3) is 8.28. The van der Waals surface area contributed by atoms with Crippen LogP contribution >= 0.6 is 0 Å². The summed E-state index contributed by atoms with van der Waals surface area (Å²) in [5, 5.41) is 0. The molecule has 0 aromatic heterocycles. The van der Waals surface area contributed by atoms with Crippen molar-refractivity contribution in [2.24, 2.45) is 0 Å². The van der Waals surface area contributed by atoms with Gasteiger partial charge in [-0.1, -0.05) is 0 Å². The Hall–Kier alpha value is -0.330. The Morgan fingerprint density at radius 1 is 1.14 bits per heavy atom. The first-order chi connectivity index (χ1) is 6.49. The van der Waals surface area contributed by atoms with E-state index in [4.69, 9.17) is 14.2 Å². The molecule has 0 aliphatic rings. The van der Waals surface area contributed by atoms with E-state index in [0.29, 0.717) is 0 Å². The quantitative estimate of drug-likeness (QED) is 0.481. The average molecular weight is 216 g/mol. The van der Waals surface area contributed by atoms with Crippen molar-refractivity contribution < 1.29 is 27.4 Å². The molecular formula is C8H15F3O3. The van der Waals surface area contributed by atoms with E-state index in [0.717, 1.165) is 0 Å². The predicted molar refractivity (Wildman–Crippen MR) is 43.9 cm³/mol. The number of hydrogen-bond donors (Lipinski definition) is 0. The Balaban J connectivity index is 3.29. The van der Waals surface area contributed by atoms with E-state index in [1.54, 1.807) is 0 Å². The predicted octanol–water partition coefficient (Wildman–Crippen LogP) is 1.96. The minimum Gasteiger partial charge on any atom is -0.376 e. The van der Waals surface area contributed by atoms with Crippen molar-refractivity contribution >= 4 is 0 Å². The highest BCUT2D eigenvalue weighted by molar-refractivity contribution is 4.49. The van der Waals surface area contributed by atoms with Crippen LogP contribution in [0.5, 0.6) is 0 Å². The van der Waals surface area contributed by atoms with E-state index in [9.17, 15) is 13.2 Å². The molecule has 0 saturated carbocycles. The summed E-state index contributed by atoms with van der Waals surface area (Å²) in [5.74, 6) is 0. The molecule has 14 heavy (non-hydrogen) atoms. The van der Waals surface area contributed by atoms with E-state index in [1.807, 2.05) is 0 Å². The molecule has 6 heteroatoms. The van der Waals surface area contributed by atoms with Crippen LogP contribution in [0.4, 0.5) is 13.2 Å². The lowest BCUT2D eigenvalue weighted by Gasteiger charge is -2.13. The van der Waals surface area contributed by atoms with Crippen LogP contribution in [0, 0.1) is 0 Å². The molecule has 0 spiro atoms. The maximum Gasteiger partial charge on any atom is 0.389 e. The Kier molecular flexibility index (Phi) is 6.86. The van der Waals surface area contributed by atoms with Gasteiger partial charge < -0.3 is 14.2 Å². The van der Waals surface area contributed by atoms with E-state index in [2.05, 4.69) is 0 Å². The molecule has 3 nitrogen and oxygen atoms in total. The summed E-state index contributed by atoms with van der Waals surface area (Å²) < 4.78 is 49.5. The molecular weight excluding hydrogens is 201 g/mol. The monoisotopic (exact) mass is 216 g/mol. The summed E-state index contributed by atoms with van der Waals surface area (Å²) >= 11 is 0. The summed E-state index contributed by atoms with van der Waals surface area (Å²) in [5.41, 5.74) is 0. The van der Waals surface area contributed by atoms with E-state index < -0.39 is 18.9 Å². The summed E-state index contributed by atoms with van der Waals surface area (Å²) in [6.07, 6.45) is -5.48. The molecule has 0 heterocycles. The smallest absolute Gasteiger partial charge is 0.376 e. The molecule has 0 unspecified atom stereocenters. The standard InChI is InChI=1S/C8H15F3O3/c1-12-7(13-2)6-14-5-3-4-8(9,10)11/h7H,3-6H2,1-2H3. The van der Waals surface area contributed by atoms with Gasteiger partial charge in [0, 0.05) is 27.2 Å². The van der Waals surface area contributed by atoms with Gasteiger partial charge in [-0.3, -0.25) is 0 Å². The highest BCUT2D eigenvalue weighted by Gasteiger charge is 2.25. The zero-order chi connectivity index (χ0) is 11.0. The number of halogens is 3. The number of rotatable bonds is 7. The maximum absolute atomic E-state index is 11.7. The van der Waals surface area contributed by atoms with Crippen LogP contribution in [-0.4, -0.2) is 39.9 Å². The summed E-state index contributed by atoms with van der Waals surface area (Å²) in [7, 11) is 2.88. The third-order valence-corrected chi connectivity index (χ3v) is 1.53. The molecule has 0 bridgehead atoms. The number of methoxy groups -OCH3 is 2. The molecule has 0 aliphatic carbocycles. The van der Waals surface area contributed by atoms with Crippen molar-refractivity contribution in [3.63, 3.8) is 0 Å². The normalized spacial score (nSPS) is 12.4. The lowest BCUT2D eigenvalue weighted by atomic mass is 10.3. The summed E-state index contributed by atoms with van der Waals surface area (Å²) in [4.78, 5) is 0. The first kappa shape index (κ1) is 13.7. The zero-order valence-corrected chi connectivity index (χ0v) is 8.26. The van der Waals surface area contributed by atoms with Crippen LogP contribution in [-0.2, 0) is 14.2 Å². The highest BCUT2D eigenvalue weighted by Crippen LogP contribution is 2.20.